The Morgan fingerprint density at radius 1 is 1.17 bits per heavy atom. The lowest BCUT2D eigenvalue weighted by atomic mass is 10.2. The Labute approximate surface area is 107 Å². The number of H-pyrrole nitrogens is 1. The third kappa shape index (κ3) is 2.66. The standard InChI is InChI=1S/C14H20N2O2/c1-4-17-14(18-5-2)13-8-10-6-7-11(15-3)9-12(10)16-13/h6-9,14-16H,4-5H2,1-3H3. The van der Waals surface area contributed by atoms with Gasteiger partial charge >= 0.3 is 0 Å². The summed E-state index contributed by atoms with van der Waals surface area (Å²) in [5.41, 5.74) is 3.13. The molecule has 0 atom stereocenters. The highest BCUT2D eigenvalue weighted by atomic mass is 16.7. The monoisotopic (exact) mass is 248 g/mol. The molecule has 0 radical (unpaired) electrons. The van der Waals surface area contributed by atoms with Gasteiger partial charge in [-0.3, -0.25) is 0 Å². The maximum Gasteiger partial charge on any atom is 0.198 e. The fraction of sp³-hybridized carbons (Fsp3) is 0.429. The molecule has 0 saturated carbocycles. The molecule has 18 heavy (non-hydrogen) atoms. The number of ether oxygens (including phenoxy) is 2. The van der Waals surface area contributed by atoms with E-state index in [4.69, 9.17) is 9.47 Å². The van der Waals surface area contributed by atoms with Gasteiger partial charge in [-0.15, -0.1) is 0 Å². The second-order valence-corrected chi connectivity index (χ2v) is 4.02. The highest BCUT2D eigenvalue weighted by Gasteiger charge is 2.14. The molecule has 0 aliphatic carbocycles. The van der Waals surface area contributed by atoms with Crippen molar-refractivity contribution in [3.63, 3.8) is 0 Å². The lowest BCUT2D eigenvalue weighted by Gasteiger charge is -2.15. The van der Waals surface area contributed by atoms with Crippen LogP contribution in [-0.2, 0) is 9.47 Å². The van der Waals surface area contributed by atoms with Crippen LogP contribution < -0.4 is 5.32 Å². The van der Waals surface area contributed by atoms with E-state index in [1.54, 1.807) is 0 Å². The van der Waals surface area contributed by atoms with Crippen LogP contribution in [-0.4, -0.2) is 25.2 Å². The van der Waals surface area contributed by atoms with Crippen molar-refractivity contribution in [1.29, 1.82) is 0 Å². The number of benzene rings is 1. The van der Waals surface area contributed by atoms with Gasteiger partial charge in [-0.1, -0.05) is 6.07 Å². The summed E-state index contributed by atoms with van der Waals surface area (Å²) in [4.78, 5) is 3.35. The van der Waals surface area contributed by atoms with Crippen molar-refractivity contribution in [3.8, 4) is 0 Å². The van der Waals surface area contributed by atoms with E-state index in [0.717, 1.165) is 22.3 Å². The van der Waals surface area contributed by atoms with Gasteiger partial charge in [0.2, 0.25) is 0 Å². The van der Waals surface area contributed by atoms with Gasteiger partial charge in [0.05, 0.1) is 5.69 Å². The predicted octanol–water partition coefficient (Wildman–Crippen LogP) is 3.28. The number of hydrogen-bond acceptors (Lipinski definition) is 3. The van der Waals surface area contributed by atoms with Crippen molar-refractivity contribution >= 4 is 16.6 Å². The normalized spacial score (nSPS) is 11.3. The first-order valence-corrected chi connectivity index (χ1v) is 6.32. The fourth-order valence-electron chi connectivity index (χ4n) is 1.96. The molecule has 0 aliphatic heterocycles. The number of aromatic amines is 1. The zero-order chi connectivity index (χ0) is 13.0. The second-order valence-electron chi connectivity index (χ2n) is 4.02. The Morgan fingerprint density at radius 2 is 1.89 bits per heavy atom. The van der Waals surface area contributed by atoms with Crippen LogP contribution in [0.3, 0.4) is 0 Å². The van der Waals surface area contributed by atoms with Crippen molar-refractivity contribution in [2.45, 2.75) is 20.1 Å². The summed E-state index contributed by atoms with van der Waals surface area (Å²) in [5.74, 6) is 0. The van der Waals surface area contributed by atoms with Gasteiger partial charge < -0.3 is 19.8 Å². The first-order valence-electron chi connectivity index (χ1n) is 6.32. The first kappa shape index (κ1) is 12.9. The van der Waals surface area contributed by atoms with E-state index in [0.29, 0.717) is 13.2 Å². The average Bonchev–Trinajstić information content (AvgIpc) is 2.81. The Balaban J connectivity index is 2.32. The van der Waals surface area contributed by atoms with E-state index in [1.807, 2.05) is 20.9 Å². The lowest BCUT2D eigenvalue weighted by molar-refractivity contribution is -0.142. The Kier molecular flexibility index (Phi) is 4.23. The highest BCUT2D eigenvalue weighted by molar-refractivity contribution is 5.83. The van der Waals surface area contributed by atoms with Crippen molar-refractivity contribution in [3.05, 3.63) is 30.0 Å². The maximum atomic E-state index is 5.59. The molecule has 1 aromatic heterocycles. The minimum absolute atomic E-state index is 0.314. The number of hydrogen-bond donors (Lipinski definition) is 2. The summed E-state index contributed by atoms with van der Waals surface area (Å²) in [6.45, 7) is 5.19. The molecule has 98 valence electrons. The average molecular weight is 248 g/mol. The molecular formula is C14H20N2O2. The molecule has 0 aliphatic rings. The van der Waals surface area contributed by atoms with Gasteiger partial charge in [0.1, 0.15) is 0 Å². The molecule has 1 aromatic carbocycles. The molecular weight excluding hydrogens is 228 g/mol. The lowest BCUT2D eigenvalue weighted by Crippen LogP contribution is -2.08. The summed E-state index contributed by atoms with van der Waals surface area (Å²) >= 11 is 0. The summed E-state index contributed by atoms with van der Waals surface area (Å²) in [7, 11) is 1.91. The van der Waals surface area contributed by atoms with Crippen molar-refractivity contribution in [2.75, 3.05) is 25.6 Å². The molecule has 0 unspecified atom stereocenters. The molecule has 0 amide bonds. The summed E-state index contributed by atoms with van der Waals surface area (Å²) in [6, 6.07) is 8.28. The van der Waals surface area contributed by atoms with Crippen LogP contribution in [0.25, 0.3) is 10.9 Å². The zero-order valence-corrected chi connectivity index (χ0v) is 11.1. The van der Waals surface area contributed by atoms with Crippen LogP contribution in [0.2, 0.25) is 0 Å². The van der Waals surface area contributed by atoms with Crippen LogP contribution in [0.4, 0.5) is 5.69 Å². The highest BCUT2D eigenvalue weighted by Crippen LogP contribution is 2.25. The number of rotatable bonds is 6. The van der Waals surface area contributed by atoms with Crippen molar-refractivity contribution < 1.29 is 9.47 Å². The van der Waals surface area contributed by atoms with Gasteiger partial charge in [-0.05, 0) is 37.4 Å². The van der Waals surface area contributed by atoms with Crippen LogP contribution >= 0.6 is 0 Å². The third-order valence-electron chi connectivity index (χ3n) is 2.82. The number of nitrogens with one attached hydrogen (secondary N) is 2. The van der Waals surface area contributed by atoms with E-state index < -0.39 is 0 Å². The van der Waals surface area contributed by atoms with E-state index in [-0.39, 0.29) is 6.29 Å². The molecule has 0 saturated heterocycles. The molecule has 1 heterocycles. The summed E-state index contributed by atoms with van der Waals surface area (Å²) in [5, 5.41) is 4.29. The largest absolute Gasteiger partial charge is 0.388 e. The number of anilines is 1. The minimum atomic E-state index is -0.314. The van der Waals surface area contributed by atoms with Gasteiger partial charge in [-0.25, -0.2) is 0 Å². The summed E-state index contributed by atoms with van der Waals surface area (Å²) in [6.07, 6.45) is -0.314. The van der Waals surface area contributed by atoms with E-state index in [9.17, 15) is 0 Å². The molecule has 2 rings (SSSR count). The van der Waals surface area contributed by atoms with Crippen LogP contribution in [0.15, 0.2) is 24.3 Å². The van der Waals surface area contributed by atoms with Crippen molar-refractivity contribution in [1.82, 2.24) is 4.98 Å². The van der Waals surface area contributed by atoms with E-state index in [1.165, 1.54) is 0 Å². The molecule has 0 spiro atoms. The Bertz CT molecular complexity index is 501. The number of fused-ring (bicyclic) bond motifs is 1. The van der Waals surface area contributed by atoms with Gasteiger partial charge in [0.25, 0.3) is 0 Å². The molecule has 0 fully saturated rings. The molecule has 2 aromatic rings. The molecule has 0 bridgehead atoms. The second kappa shape index (κ2) is 5.89. The third-order valence-corrected chi connectivity index (χ3v) is 2.82. The Hall–Kier alpha value is -1.52. The number of aromatic nitrogens is 1. The predicted molar refractivity (Wildman–Crippen MR) is 73.8 cm³/mol. The smallest absolute Gasteiger partial charge is 0.198 e. The Morgan fingerprint density at radius 3 is 2.50 bits per heavy atom. The SMILES string of the molecule is CCOC(OCC)c1cc2ccc(NC)cc2[nH]1. The van der Waals surface area contributed by atoms with Gasteiger partial charge in [-0.2, -0.15) is 0 Å². The minimum Gasteiger partial charge on any atom is -0.388 e. The molecule has 4 nitrogen and oxygen atoms in total. The van der Waals surface area contributed by atoms with Gasteiger partial charge in [0.15, 0.2) is 6.29 Å². The van der Waals surface area contributed by atoms with Crippen LogP contribution in [0.1, 0.15) is 25.8 Å². The van der Waals surface area contributed by atoms with Crippen molar-refractivity contribution in [2.24, 2.45) is 0 Å². The maximum absolute atomic E-state index is 5.59. The van der Waals surface area contributed by atoms with E-state index in [2.05, 4.69) is 34.6 Å². The fourth-order valence-corrected chi connectivity index (χ4v) is 1.96. The van der Waals surface area contributed by atoms with Crippen LogP contribution in [0, 0.1) is 0 Å². The topological polar surface area (TPSA) is 46.3 Å². The summed E-state index contributed by atoms with van der Waals surface area (Å²) < 4.78 is 11.2. The first-order chi connectivity index (χ1) is 8.78. The molecule has 2 N–H and O–H groups in total. The molecule has 4 heteroatoms. The van der Waals surface area contributed by atoms with E-state index >= 15 is 0 Å². The zero-order valence-electron chi connectivity index (χ0n) is 11.1. The quantitative estimate of drug-likeness (QED) is 0.771. The van der Waals surface area contributed by atoms with Gasteiger partial charge in [0, 0.05) is 31.5 Å². The van der Waals surface area contributed by atoms with Crippen LogP contribution in [0.5, 0.6) is 0 Å².